The SMILES string of the molecule is [C-]#[N+]c1ccc2c3c1OC1C(C)=CC=C4C(C2)N(C)CC[C@]431. The van der Waals surface area contributed by atoms with Crippen molar-refractivity contribution in [3.63, 3.8) is 0 Å². The molecule has 5 rings (SSSR count). The zero-order valence-electron chi connectivity index (χ0n) is 12.9. The number of likely N-dealkylation sites (tertiary alicyclic amines) is 1. The van der Waals surface area contributed by atoms with Crippen molar-refractivity contribution in [1.82, 2.24) is 4.90 Å². The summed E-state index contributed by atoms with van der Waals surface area (Å²) in [6.07, 6.45) is 6.76. The molecule has 22 heavy (non-hydrogen) atoms. The van der Waals surface area contributed by atoms with Crippen LogP contribution < -0.4 is 4.74 Å². The van der Waals surface area contributed by atoms with Crippen molar-refractivity contribution >= 4 is 5.69 Å². The first kappa shape index (κ1) is 12.5. The van der Waals surface area contributed by atoms with Gasteiger partial charge in [-0.1, -0.05) is 24.3 Å². The van der Waals surface area contributed by atoms with E-state index in [4.69, 9.17) is 11.3 Å². The van der Waals surface area contributed by atoms with Gasteiger partial charge in [-0.15, -0.1) is 0 Å². The lowest BCUT2D eigenvalue weighted by Gasteiger charge is -2.53. The number of piperidine rings is 1. The molecule has 0 N–H and O–H groups in total. The highest BCUT2D eigenvalue weighted by Crippen LogP contribution is 2.62. The summed E-state index contributed by atoms with van der Waals surface area (Å²) in [5, 5.41) is 0. The first-order chi connectivity index (χ1) is 10.7. The molecule has 2 heterocycles. The highest BCUT2D eigenvalue weighted by atomic mass is 16.5. The van der Waals surface area contributed by atoms with Gasteiger partial charge in [-0.3, -0.25) is 4.90 Å². The van der Waals surface area contributed by atoms with Gasteiger partial charge in [0, 0.05) is 11.6 Å². The Balaban J connectivity index is 1.89. The van der Waals surface area contributed by atoms with Gasteiger partial charge >= 0.3 is 0 Å². The molecule has 0 aromatic heterocycles. The van der Waals surface area contributed by atoms with Crippen LogP contribution in [0, 0.1) is 6.57 Å². The van der Waals surface area contributed by atoms with Gasteiger partial charge in [0.25, 0.3) is 0 Å². The number of likely N-dealkylation sites (N-methyl/N-ethyl adjacent to an activating group) is 1. The zero-order chi connectivity index (χ0) is 15.1. The maximum absolute atomic E-state index is 7.48. The van der Waals surface area contributed by atoms with Crippen LogP contribution in [0.3, 0.4) is 0 Å². The van der Waals surface area contributed by atoms with Gasteiger partial charge in [-0.05, 0) is 50.1 Å². The van der Waals surface area contributed by atoms with Crippen molar-refractivity contribution in [2.45, 2.75) is 37.3 Å². The number of hydrogen-bond acceptors (Lipinski definition) is 2. The summed E-state index contributed by atoms with van der Waals surface area (Å²) in [4.78, 5) is 6.19. The molecule has 2 aliphatic heterocycles. The van der Waals surface area contributed by atoms with Crippen LogP contribution >= 0.6 is 0 Å². The van der Waals surface area contributed by atoms with E-state index >= 15 is 0 Å². The number of nitrogens with zero attached hydrogens (tertiary/aromatic N) is 2. The van der Waals surface area contributed by atoms with Gasteiger partial charge in [0.2, 0.25) is 5.69 Å². The minimum absolute atomic E-state index is 0.0143. The predicted octanol–water partition coefficient (Wildman–Crippen LogP) is 3.38. The largest absolute Gasteiger partial charge is 0.495 e. The summed E-state index contributed by atoms with van der Waals surface area (Å²) in [5.41, 5.74) is 6.16. The second-order valence-corrected chi connectivity index (χ2v) is 7.01. The molecular weight excluding hydrogens is 272 g/mol. The third kappa shape index (κ3) is 1.19. The van der Waals surface area contributed by atoms with E-state index in [2.05, 4.69) is 41.9 Å². The van der Waals surface area contributed by atoms with E-state index in [9.17, 15) is 0 Å². The van der Waals surface area contributed by atoms with Gasteiger partial charge in [0.1, 0.15) is 11.9 Å². The minimum atomic E-state index is -0.0143. The minimum Gasteiger partial charge on any atom is -0.495 e. The zero-order valence-corrected chi connectivity index (χ0v) is 12.9. The number of allylic oxidation sites excluding steroid dienone is 2. The van der Waals surface area contributed by atoms with Gasteiger partial charge in [0.15, 0.2) is 0 Å². The second-order valence-electron chi connectivity index (χ2n) is 7.01. The van der Waals surface area contributed by atoms with Crippen LogP contribution in [-0.4, -0.2) is 30.6 Å². The molecule has 1 spiro atoms. The van der Waals surface area contributed by atoms with Crippen LogP contribution in [0.25, 0.3) is 4.85 Å². The molecule has 0 radical (unpaired) electrons. The fraction of sp³-hybridized carbons (Fsp3) is 0.421. The lowest BCUT2D eigenvalue weighted by molar-refractivity contribution is 0.112. The fourth-order valence-corrected chi connectivity index (χ4v) is 5.09. The first-order valence-electron chi connectivity index (χ1n) is 7.96. The van der Waals surface area contributed by atoms with Crippen molar-refractivity contribution in [2.24, 2.45) is 0 Å². The normalized spacial score (nSPS) is 34.2. The number of benzene rings is 1. The van der Waals surface area contributed by atoms with Gasteiger partial charge in [-0.2, -0.15) is 0 Å². The van der Waals surface area contributed by atoms with Crippen molar-refractivity contribution in [2.75, 3.05) is 13.6 Å². The van der Waals surface area contributed by atoms with Crippen molar-refractivity contribution < 1.29 is 4.74 Å². The quantitative estimate of drug-likeness (QED) is 0.681. The Bertz CT molecular complexity index is 813. The lowest BCUT2D eigenvalue weighted by Crippen LogP contribution is -2.58. The Morgan fingerprint density at radius 3 is 3.05 bits per heavy atom. The number of ether oxygens (including phenoxy) is 1. The summed E-state index contributed by atoms with van der Waals surface area (Å²) in [5.74, 6) is 0.862. The number of hydrogen-bond donors (Lipinski definition) is 0. The van der Waals surface area contributed by atoms with E-state index in [0.717, 1.165) is 25.1 Å². The highest BCUT2D eigenvalue weighted by Gasteiger charge is 2.60. The topological polar surface area (TPSA) is 16.8 Å². The van der Waals surface area contributed by atoms with E-state index in [1.54, 1.807) is 0 Å². The molecule has 1 aromatic rings. The molecule has 110 valence electrons. The summed E-state index contributed by atoms with van der Waals surface area (Å²) >= 11 is 0. The molecule has 3 heteroatoms. The van der Waals surface area contributed by atoms with E-state index < -0.39 is 0 Å². The maximum Gasteiger partial charge on any atom is 0.228 e. The average molecular weight is 290 g/mol. The average Bonchev–Trinajstić information content (AvgIpc) is 2.88. The summed E-state index contributed by atoms with van der Waals surface area (Å²) in [7, 11) is 2.23. The lowest BCUT2D eigenvalue weighted by atomic mass is 9.56. The van der Waals surface area contributed by atoms with Crippen molar-refractivity contribution in [3.05, 3.63) is 58.0 Å². The highest BCUT2D eigenvalue weighted by molar-refractivity contribution is 5.73. The summed E-state index contributed by atoms with van der Waals surface area (Å²) in [6, 6.07) is 4.58. The molecule has 0 amide bonds. The van der Waals surface area contributed by atoms with E-state index in [0.29, 0.717) is 11.7 Å². The van der Waals surface area contributed by atoms with Crippen molar-refractivity contribution in [1.29, 1.82) is 0 Å². The summed E-state index contributed by atoms with van der Waals surface area (Å²) < 4.78 is 6.41. The molecular formula is C19H18N2O. The second kappa shape index (κ2) is 3.83. The Labute approximate surface area is 130 Å². The van der Waals surface area contributed by atoms with Crippen LogP contribution in [0.5, 0.6) is 5.75 Å². The monoisotopic (exact) mass is 290 g/mol. The maximum atomic E-state index is 7.48. The first-order valence-corrected chi connectivity index (χ1v) is 7.96. The molecule has 2 unspecified atom stereocenters. The van der Waals surface area contributed by atoms with Gasteiger partial charge in [0.05, 0.1) is 12.0 Å². The summed E-state index contributed by atoms with van der Waals surface area (Å²) in [6.45, 7) is 10.7. The molecule has 3 atom stereocenters. The standard InChI is InChI=1S/C19H18N2O/c1-11-4-6-13-15-10-12-5-7-14(20-2)17-16(12)19(13,18(11)22-17)8-9-21(15)3/h4-7,15,18H,8-10H2,1,3H3/t15?,18?,19-/m0/s1. The Morgan fingerprint density at radius 1 is 1.36 bits per heavy atom. The third-order valence-electron chi connectivity index (χ3n) is 6.09. The molecule has 2 aliphatic carbocycles. The Hall–Kier alpha value is -2.05. The fourth-order valence-electron chi connectivity index (χ4n) is 5.09. The third-order valence-corrected chi connectivity index (χ3v) is 6.09. The molecule has 4 aliphatic rings. The van der Waals surface area contributed by atoms with Gasteiger partial charge < -0.3 is 4.74 Å². The van der Waals surface area contributed by atoms with Crippen molar-refractivity contribution in [3.8, 4) is 5.75 Å². The Kier molecular flexibility index (Phi) is 2.17. The van der Waals surface area contributed by atoms with E-state index in [-0.39, 0.29) is 11.5 Å². The van der Waals surface area contributed by atoms with E-state index in [1.807, 2.05) is 6.07 Å². The van der Waals surface area contributed by atoms with E-state index in [1.165, 1.54) is 22.3 Å². The molecule has 0 saturated carbocycles. The Morgan fingerprint density at radius 2 is 2.23 bits per heavy atom. The molecule has 1 saturated heterocycles. The smallest absolute Gasteiger partial charge is 0.228 e. The molecule has 1 fully saturated rings. The molecule has 1 aromatic carbocycles. The van der Waals surface area contributed by atoms with Crippen LogP contribution in [0.2, 0.25) is 0 Å². The van der Waals surface area contributed by atoms with Gasteiger partial charge in [-0.25, -0.2) is 4.85 Å². The van der Waals surface area contributed by atoms with Crippen LogP contribution in [0.1, 0.15) is 24.5 Å². The van der Waals surface area contributed by atoms with Crippen LogP contribution in [0.4, 0.5) is 5.69 Å². The number of rotatable bonds is 0. The molecule has 2 bridgehead atoms. The van der Waals surface area contributed by atoms with Crippen LogP contribution in [0.15, 0.2) is 35.4 Å². The molecule has 3 nitrogen and oxygen atoms in total. The van der Waals surface area contributed by atoms with Crippen LogP contribution in [-0.2, 0) is 11.8 Å². The predicted molar refractivity (Wildman–Crippen MR) is 85.4 cm³/mol.